The van der Waals surface area contributed by atoms with Gasteiger partial charge < -0.3 is 27.0 Å². The lowest BCUT2D eigenvalue weighted by molar-refractivity contribution is -0.132. The van der Waals surface area contributed by atoms with Crippen molar-refractivity contribution in [2.75, 3.05) is 19.6 Å². The van der Waals surface area contributed by atoms with E-state index in [2.05, 4.69) is 75.9 Å². The summed E-state index contributed by atoms with van der Waals surface area (Å²) in [6.45, 7) is 1.87. The van der Waals surface area contributed by atoms with E-state index in [4.69, 9.17) is 5.73 Å². The minimum Gasteiger partial charge on any atom is -0.368 e. The zero-order valence-corrected chi connectivity index (χ0v) is 27.7. The maximum absolute atomic E-state index is 14.3. The highest BCUT2D eigenvalue weighted by Gasteiger charge is 2.29. The largest absolute Gasteiger partial charge is 0.368 e. The Kier molecular flexibility index (Phi) is 11.3. The smallest absolute Gasteiger partial charge is 0.243 e. The van der Waals surface area contributed by atoms with Gasteiger partial charge in [0.1, 0.15) is 6.04 Å². The molecule has 0 aliphatic carbocycles. The Morgan fingerprint density at radius 3 is 1.80 bits per heavy atom. The van der Waals surface area contributed by atoms with Crippen molar-refractivity contribution in [2.24, 2.45) is 11.7 Å². The summed E-state index contributed by atoms with van der Waals surface area (Å²) in [5.74, 6) is -0.953. The second kappa shape index (κ2) is 16.4. The predicted molar refractivity (Wildman–Crippen MR) is 196 cm³/mol. The van der Waals surface area contributed by atoms with E-state index in [-0.39, 0.29) is 23.8 Å². The molecule has 49 heavy (non-hydrogen) atoms. The average molecular weight is 656 g/mol. The number of primary amides is 1. The molecule has 3 atom stereocenters. The second-order valence-electron chi connectivity index (χ2n) is 13.1. The first-order valence-electron chi connectivity index (χ1n) is 17.2. The van der Waals surface area contributed by atoms with Crippen molar-refractivity contribution in [3.63, 3.8) is 0 Å². The fourth-order valence-corrected chi connectivity index (χ4v) is 6.72. The van der Waals surface area contributed by atoms with Crippen molar-refractivity contribution < 1.29 is 14.4 Å². The molecule has 1 aliphatic rings. The fraction of sp³-hybridized carbons (Fsp3) is 0.293. The molecule has 0 bridgehead atoms. The van der Waals surface area contributed by atoms with Crippen molar-refractivity contribution in [3.8, 4) is 0 Å². The number of carbonyl (C=O) groups excluding carboxylic acids is 3. The summed E-state index contributed by atoms with van der Waals surface area (Å²) in [5.41, 5.74) is 8.85. The Hall–Kier alpha value is -5.05. The molecular weight excluding hydrogens is 610 g/mol. The van der Waals surface area contributed by atoms with E-state index in [1.165, 1.54) is 0 Å². The van der Waals surface area contributed by atoms with Crippen molar-refractivity contribution in [1.82, 2.24) is 21.3 Å². The van der Waals surface area contributed by atoms with E-state index in [0.717, 1.165) is 64.2 Å². The van der Waals surface area contributed by atoms with Crippen LogP contribution in [0, 0.1) is 5.92 Å². The molecule has 5 aromatic rings. The van der Waals surface area contributed by atoms with Gasteiger partial charge in [-0.15, -0.1) is 0 Å². The molecule has 6 rings (SSSR count). The average Bonchev–Trinajstić information content (AvgIpc) is 3.13. The summed E-state index contributed by atoms with van der Waals surface area (Å²) in [4.78, 5) is 40.3. The second-order valence-corrected chi connectivity index (χ2v) is 13.1. The molecule has 5 aromatic carbocycles. The first kappa shape index (κ1) is 33.8. The monoisotopic (exact) mass is 655 g/mol. The third kappa shape index (κ3) is 9.31. The highest BCUT2D eigenvalue weighted by Crippen LogP contribution is 2.19. The van der Waals surface area contributed by atoms with Crippen molar-refractivity contribution in [1.29, 1.82) is 0 Å². The van der Waals surface area contributed by atoms with Gasteiger partial charge in [-0.1, -0.05) is 115 Å². The fourth-order valence-electron chi connectivity index (χ4n) is 6.72. The van der Waals surface area contributed by atoms with Crippen LogP contribution < -0.4 is 27.0 Å². The van der Waals surface area contributed by atoms with Gasteiger partial charge in [0.15, 0.2) is 0 Å². The van der Waals surface area contributed by atoms with Gasteiger partial charge in [0, 0.05) is 24.9 Å². The zero-order chi connectivity index (χ0) is 34.0. The van der Waals surface area contributed by atoms with Gasteiger partial charge in [0.05, 0.1) is 6.04 Å². The van der Waals surface area contributed by atoms with E-state index in [1.54, 1.807) is 0 Å². The summed E-state index contributed by atoms with van der Waals surface area (Å²) in [7, 11) is 0. The number of fused-ring (bicyclic) bond motifs is 2. The van der Waals surface area contributed by atoms with E-state index in [0.29, 0.717) is 25.8 Å². The Labute approximate surface area is 287 Å². The number of piperidine rings is 1. The Bertz CT molecular complexity index is 1890. The molecule has 8 nitrogen and oxygen atoms in total. The van der Waals surface area contributed by atoms with Crippen LogP contribution >= 0.6 is 0 Å². The highest BCUT2D eigenvalue weighted by atomic mass is 16.2. The van der Waals surface area contributed by atoms with Crippen LogP contribution in [-0.4, -0.2) is 55.5 Å². The van der Waals surface area contributed by atoms with Crippen LogP contribution in [0.2, 0.25) is 0 Å². The lowest BCUT2D eigenvalue weighted by atomic mass is 9.95. The van der Waals surface area contributed by atoms with E-state index < -0.39 is 18.0 Å². The standard InChI is InChI=1S/C41H45N5O3/c42-39(47)37(25-28-8-2-1-3-9-28)44-27-36(24-29-14-16-31-10-4-6-12-34(31)22-29)45-41(49)38(46-40(48)33-18-20-43-21-19-33)26-30-15-17-32-11-5-7-13-35(32)23-30/h1-17,22-23,33,36-38,43-44H,18-21,24-27H2,(H2,42,47)(H,45,49)(H,46,48). The number of nitrogens with one attached hydrogen (secondary N) is 4. The molecule has 8 heteroatoms. The summed E-state index contributed by atoms with van der Waals surface area (Å²) < 4.78 is 0. The zero-order valence-electron chi connectivity index (χ0n) is 27.7. The third-order valence-electron chi connectivity index (χ3n) is 9.48. The molecule has 3 unspecified atom stereocenters. The Morgan fingerprint density at radius 2 is 1.18 bits per heavy atom. The van der Waals surface area contributed by atoms with Gasteiger partial charge in [-0.05, 0) is 77.0 Å². The summed E-state index contributed by atoms with van der Waals surface area (Å²) in [6.07, 6.45) is 2.78. The van der Waals surface area contributed by atoms with Gasteiger partial charge in [-0.2, -0.15) is 0 Å². The van der Waals surface area contributed by atoms with Gasteiger partial charge >= 0.3 is 0 Å². The van der Waals surface area contributed by atoms with Crippen LogP contribution in [0.4, 0.5) is 0 Å². The number of carbonyl (C=O) groups is 3. The molecule has 0 spiro atoms. The predicted octanol–water partition coefficient (Wildman–Crippen LogP) is 4.43. The lowest BCUT2D eigenvalue weighted by Crippen LogP contribution is -2.56. The van der Waals surface area contributed by atoms with E-state index in [1.807, 2.05) is 60.7 Å². The minimum absolute atomic E-state index is 0.0942. The van der Waals surface area contributed by atoms with Crippen LogP contribution in [0.1, 0.15) is 29.5 Å². The van der Waals surface area contributed by atoms with E-state index in [9.17, 15) is 14.4 Å². The normalized spacial score (nSPS) is 15.3. The quantitative estimate of drug-likeness (QED) is 0.121. The number of nitrogens with two attached hydrogens (primary N) is 1. The lowest BCUT2D eigenvalue weighted by Gasteiger charge is -2.28. The SMILES string of the molecule is NC(=O)C(Cc1ccccc1)NCC(Cc1ccc2ccccc2c1)NC(=O)C(Cc1ccc2ccccc2c1)NC(=O)C1CCNCC1. The maximum Gasteiger partial charge on any atom is 0.243 e. The van der Waals surface area contributed by atoms with Crippen LogP contribution in [0.5, 0.6) is 0 Å². The highest BCUT2D eigenvalue weighted by molar-refractivity contribution is 5.90. The third-order valence-corrected chi connectivity index (χ3v) is 9.48. The first-order valence-corrected chi connectivity index (χ1v) is 17.2. The first-order chi connectivity index (χ1) is 23.9. The van der Waals surface area contributed by atoms with Crippen LogP contribution in [0.25, 0.3) is 21.5 Å². The van der Waals surface area contributed by atoms with Crippen molar-refractivity contribution in [2.45, 2.75) is 50.2 Å². The topological polar surface area (TPSA) is 125 Å². The van der Waals surface area contributed by atoms with Crippen LogP contribution in [-0.2, 0) is 33.6 Å². The van der Waals surface area contributed by atoms with Gasteiger partial charge in [0.25, 0.3) is 0 Å². The van der Waals surface area contributed by atoms with Crippen LogP contribution in [0.15, 0.2) is 115 Å². The number of benzene rings is 5. The van der Waals surface area contributed by atoms with Gasteiger partial charge in [0.2, 0.25) is 17.7 Å². The molecule has 0 aromatic heterocycles. The Balaban J connectivity index is 1.24. The molecule has 3 amide bonds. The van der Waals surface area contributed by atoms with Crippen molar-refractivity contribution in [3.05, 3.63) is 132 Å². The van der Waals surface area contributed by atoms with Gasteiger partial charge in [-0.3, -0.25) is 14.4 Å². The van der Waals surface area contributed by atoms with Crippen molar-refractivity contribution >= 4 is 39.3 Å². The molecule has 6 N–H and O–H groups in total. The molecule has 1 saturated heterocycles. The molecule has 1 heterocycles. The summed E-state index contributed by atoms with van der Waals surface area (Å²) in [6, 6.07) is 36.7. The summed E-state index contributed by atoms with van der Waals surface area (Å²) >= 11 is 0. The summed E-state index contributed by atoms with van der Waals surface area (Å²) in [5, 5.41) is 17.5. The number of hydrogen-bond acceptors (Lipinski definition) is 5. The number of rotatable bonds is 14. The maximum atomic E-state index is 14.3. The molecule has 0 saturated carbocycles. The van der Waals surface area contributed by atoms with Crippen LogP contribution in [0.3, 0.4) is 0 Å². The molecular formula is C41H45N5O3. The molecule has 1 aliphatic heterocycles. The Morgan fingerprint density at radius 1 is 0.633 bits per heavy atom. The number of hydrogen-bond donors (Lipinski definition) is 5. The molecule has 0 radical (unpaired) electrons. The minimum atomic E-state index is -0.779. The molecule has 252 valence electrons. The molecule has 1 fully saturated rings. The van der Waals surface area contributed by atoms with E-state index >= 15 is 0 Å². The number of amides is 3. The van der Waals surface area contributed by atoms with Gasteiger partial charge in [-0.25, -0.2) is 0 Å².